The van der Waals surface area contributed by atoms with Gasteiger partial charge in [0.15, 0.2) is 6.33 Å². The van der Waals surface area contributed by atoms with Crippen LogP contribution in [0.5, 0.6) is 0 Å². The lowest BCUT2D eigenvalue weighted by molar-refractivity contribution is 0.389. The maximum Gasteiger partial charge on any atom is 0.278 e. The highest BCUT2D eigenvalue weighted by Gasteiger charge is 2.16. The molecule has 2 aromatic carbocycles. The van der Waals surface area contributed by atoms with Crippen LogP contribution in [0.2, 0.25) is 0 Å². The quantitative estimate of drug-likeness (QED) is 0.131. The number of terminal acetylenes is 2. The number of benzene rings is 2. The molecule has 22 nitrogen and oxygen atoms in total. The molecule has 0 aliphatic carbocycles. The van der Waals surface area contributed by atoms with Crippen molar-refractivity contribution < 1.29 is 0 Å². The van der Waals surface area contributed by atoms with E-state index in [1.165, 1.54) is 68.2 Å². The van der Waals surface area contributed by atoms with E-state index in [1.807, 2.05) is 13.8 Å². The summed E-state index contributed by atoms with van der Waals surface area (Å²) in [5.74, 6) is 4.70. The van der Waals surface area contributed by atoms with Crippen LogP contribution in [0, 0.1) is 24.7 Å². The van der Waals surface area contributed by atoms with E-state index >= 15 is 0 Å². The minimum Gasteiger partial charge on any atom is -0.294 e. The molecule has 2 atom stereocenters. The van der Waals surface area contributed by atoms with Gasteiger partial charge in [0, 0.05) is 0 Å². The Balaban J connectivity index is 0.000000167. The Kier molecular flexibility index (Phi) is 9.21. The van der Waals surface area contributed by atoms with Gasteiger partial charge in [0.05, 0.1) is 70.4 Å². The minimum atomic E-state index is -0.378. The second kappa shape index (κ2) is 14.4. The summed E-state index contributed by atoms with van der Waals surface area (Å²) in [5.41, 5.74) is 0.145. The van der Waals surface area contributed by atoms with Crippen LogP contribution in [0.1, 0.15) is 25.9 Å². The Morgan fingerprint density at radius 3 is 1.57 bits per heavy atom. The Morgan fingerprint density at radius 1 is 0.611 bits per heavy atom. The number of aromatic nitrogens is 18. The molecule has 0 radical (unpaired) electrons. The van der Waals surface area contributed by atoms with Gasteiger partial charge in [0.25, 0.3) is 22.2 Å². The Hall–Kier alpha value is -7.88. The average Bonchev–Trinajstić information content (AvgIpc) is 3.89. The third kappa shape index (κ3) is 6.53. The number of hydrogen-bond acceptors (Lipinski definition) is 16. The fourth-order valence-corrected chi connectivity index (χ4v) is 5.64. The smallest absolute Gasteiger partial charge is 0.278 e. The summed E-state index contributed by atoms with van der Waals surface area (Å²) in [6.07, 6.45) is 16.1. The number of hydrogen-bond donors (Lipinski definition) is 0. The third-order valence-corrected chi connectivity index (χ3v) is 8.34. The van der Waals surface area contributed by atoms with Crippen molar-refractivity contribution in [3.8, 4) is 24.7 Å². The highest BCUT2D eigenvalue weighted by molar-refractivity contribution is 5.94. The van der Waals surface area contributed by atoms with Crippen molar-refractivity contribution in [2.24, 2.45) is 0 Å². The Labute approximate surface area is 300 Å². The minimum absolute atomic E-state index is 0.0165. The Bertz CT molecular complexity index is 2800. The van der Waals surface area contributed by atoms with E-state index in [-0.39, 0.29) is 47.4 Å². The van der Waals surface area contributed by atoms with Crippen LogP contribution in [0.15, 0.2) is 68.8 Å². The van der Waals surface area contributed by atoms with Crippen molar-refractivity contribution in [1.29, 1.82) is 0 Å². The lowest BCUT2D eigenvalue weighted by atomic mass is 10.1. The molecule has 0 saturated carbocycles. The van der Waals surface area contributed by atoms with Gasteiger partial charge >= 0.3 is 0 Å². The van der Waals surface area contributed by atoms with Crippen LogP contribution < -0.4 is 22.2 Å². The number of rotatable bonds is 8. The molecular formula is C32H26N18O4. The van der Waals surface area contributed by atoms with E-state index in [0.717, 1.165) is 9.36 Å². The maximum atomic E-state index is 12.9. The van der Waals surface area contributed by atoms with Crippen LogP contribution in [0.3, 0.4) is 0 Å². The molecule has 0 saturated heterocycles. The summed E-state index contributed by atoms with van der Waals surface area (Å²) in [4.78, 5) is 60.7. The molecule has 0 aliphatic rings. The monoisotopic (exact) mass is 726 g/mol. The van der Waals surface area contributed by atoms with Gasteiger partial charge in [-0.2, -0.15) is 14.2 Å². The molecule has 54 heavy (non-hydrogen) atoms. The molecule has 0 N–H and O–H groups in total. The van der Waals surface area contributed by atoms with Gasteiger partial charge in [-0.1, -0.05) is 22.3 Å². The molecule has 8 aromatic rings. The first-order valence-electron chi connectivity index (χ1n) is 16.0. The molecule has 6 aromatic heterocycles. The molecule has 0 bridgehead atoms. The van der Waals surface area contributed by atoms with Gasteiger partial charge in [0.2, 0.25) is 0 Å². The fourth-order valence-electron chi connectivity index (χ4n) is 5.64. The Morgan fingerprint density at radius 2 is 1.11 bits per heavy atom. The molecule has 6 heterocycles. The molecule has 268 valence electrons. The van der Waals surface area contributed by atoms with Crippen LogP contribution >= 0.6 is 0 Å². The predicted octanol–water partition coefficient (Wildman–Crippen LogP) is -1.24. The zero-order chi connectivity index (χ0) is 37.9. The summed E-state index contributed by atoms with van der Waals surface area (Å²) >= 11 is 0. The molecule has 2 unspecified atom stereocenters. The summed E-state index contributed by atoms with van der Waals surface area (Å²) in [5, 5.41) is 39.2. The first-order valence-corrected chi connectivity index (χ1v) is 16.0. The van der Waals surface area contributed by atoms with Crippen molar-refractivity contribution in [2.75, 3.05) is 0 Å². The highest BCUT2D eigenvalue weighted by Crippen LogP contribution is 2.17. The van der Waals surface area contributed by atoms with E-state index < -0.39 is 0 Å². The second-order valence-corrected chi connectivity index (χ2v) is 11.9. The lowest BCUT2D eigenvalue weighted by Gasteiger charge is -2.14. The zero-order valence-corrected chi connectivity index (χ0v) is 28.4. The standard InChI is InChI=1S/2C16H13N9O2/c1-3-4-24-16(27)12-5-13-11(6-14(12)20-22-24)15(26)23(9-17-13)10(2)7-25-19-8-18-21-25;1-3-4-25-16(27)12-5-13-11(6-14(12)19-21-25)15(26)24(8-17-13)10(2)7-23-9-18-20-22-23/h2*1,5-6,8-10H,4,7H2,2H3. The second-order valence-electron chi connectivity index (χ2n) is 11.9. The molecule has 0 fully saturated rings. The van der Waals surface area contributed by atoms with Crippen LogP contribution in [0.25, 0.3) is 43.6 Å². The van der Waals surface area contributed by atoms with Gasteiger partial charge in [-0.15, -0.1) is 38.3 Å². The van der Waals surface area contributed by atoms with E-state index in [2.05, 4.69) is 73.4 Å². The van der Waals surface area contributed by atoms with Gasteiger partial charge in [-0.05, 0) is 53.8 Å². The zero-order valence-electron chi connectivity index (χ0n) is 28.4. The molecule has 22 heteroatoms. The van der Waals surface area contributed by atoms with Gasteiger partial charge in [-0.25, -0.2) is 14.6 Å². The topological polar surface area (TPSA) is 253 Å². The van der Waals surface area contributed by atoms with E-state index in [0.29, 0.717) is 56.7 Å². The van der Waals surface area contributed by atoms with Crippen LogP contribution in [-0.4, -0.2) is 89.5 Å². The molecule has 0 spiro atoms. The molecule has 0 amide bonds. The van der Waals surface area contributed by atoms with E-state index in [4.69, 9.17) is 12.8 Å². The number of tetrazole rings is 2. The molecule has 0 aliphatic heterocycles. The van der Waals surface area contributed by atoms with Gasteiger partial charge in [0.1, 0.15) is 30.5 Å². The number of fused-ring (bicyclic) bond motifs is 4. The first kappa shape index (κ1) is 34.6. The molecule has 8 rings (SSSR count). The van der Waals surface area contributed by atoms with Crippen molar-refractivity contribution in [1.82, 2.24) is 89.5 Å². The van der Waals surface area contributed by atoms with Crippen LogP contribution in [-0.2, 0) is 26.2 Å². The van der Waals surface area contributed by atoms with Crippen molar-refractivity contribution >= 4 is 43.6 Å². The average molecular weight is 727 g/mol. The van der Waals surface area contributed by atoms with E-state index in [9.17, 15) is 19.2 Å². The van der Waals surface area contributed by atoms with Gasteiger partial charge in [-0.3, -0.25) is 28.3 Å². The largest absolute Gasteiger partial charge is 0.294 e. The highest BCUT2D eigenvalue weighted by atomic mass is 16.1. The summed E-state index contributed by atoms with van der Waals surface area (Å²) in [6.45, 7) is 4.50. The van der Waals surface area contributed by atoms with Crippen LogP contribution in [0.4, 0.5) is 0 Å². The van der Waals surface area contributed by atoms with E-state index in [1.54, 1.807) is 0 Å². The van der Waals surface area contributed by atoms with Gasteiger partial charge < -0.3 is 0 Å². The third-order valence-electron chi connectivity index (χ3n) is 8.34. The number of nitrogens with zero attached hydrogens (tertiary/aromatic N) is 18. The first-order chi connectivity index (χ1) is 26.2. The predicted molar refractivity (Wildman–Crippen MR) is 189 cm³/mol. The summed E-state index contributed by atoms with van der Waals surface area (Å²) in [6, 6.07) is 5.62. The summed E-state index contributed by atoms with van der Waals surface area (Å²) < 4.78 is 6.67. The van der Waals surface area contributed by atoms with Crippen molar-refractivity contribution in [2.45, 2.75) is 52.1 Å². The maximum absolute atomic E-state index is 12.9. The van der Waals surface area contributed by atoms with Crippen molar-refractivity contribution in [3.63, 3.8) is 0 Å². The van der Waals surface area contributed by atoms with Crippen molar-refractivity contribution in [3.05, 3.63) is 91.0 Å². The SMILES string of the molecule is C#CCn1nnc2cc3c(=O)n(C(C)Cn4cnnn4)cnc3cc2c1=O.C#CCn1nnc2cc3c(=O)n(C(C)Cn4ncnn4)cnc3cc2c1=O. The summed E-state index contributed by atoms with van der Waals surface area (Å²) in [7, 11) is 0. The normalized spacial score (nSPS) is 12.3. The fraction of sp³-hybridized carbons (Fsp3) is 0.250. The lowest BCUT2D eigenvalue weighted by Crippen LogP contribution is -2.27. The molecular weight excluding hydrogens is 700 g/mol.